The third kappa shape index (κ3) is 1.77. The Kier molecular flexibility index (Phi) is 2.28. The van der Waals surface area contributed by atoms with E-state index in [1.807, 2.05) is 6.92 Å². The standard InChI is InChI=1S/C8H14N2S/c1-5-8(3,4)7-10-9-6(2)11-7/h5H2,1-4H3. The first kappa shape index (κ1) is 8.65. The molecular weight excluding hydrogens is 156 g/mol. The molecule has 1 aromatic rings. The van der Waals surface area contributed by atoms with Gasteiger partial charge in [-0.2, -0.15) is 0 Å². The Labute approximate surface area is 71.7 Å². The van der Waals surface area contributed by atoms with Gasteiger partial charge in [0.1, 0.15) is 10.0 Å². The lowest BCUT2D eigenvalue weighted by Gasteiger charge is -2.17. The molecule has 62 valence electrons. The Morgan fingerprint density at radius 1 is 1.36 bits per heavy atom. The first-order valence-corrected chi connectivity index (χ1v) is 4.68. The summed E-state index contributed by atoms with van der Waals surface area (Å²) < 4.78 is 0. The van der Waals surface area contributed by atoms with Gasteiger partial charge in [0.2, 0.25) is 0 Å². The third-order valence-electron chi connectivity index (χ3n) is 1.99. The van der Waals surface area contributed by atoms with Crippen LogP contribution in [0.2, 0.25) is 0 Å². The second-order valence-electron chi connectivity index (χ2n) is 3.36. The van der Waals surface area contributed by atoms with Crippen molar-refractivity contribution in [3.63, 3.8) is 0 Å². The number of rotatable bonds is 2. The summed E-state index contributed by atoms with van der Waals surface area (Å²) in [6.07, 6.45) is 1.11. The number of aromatic nitrogens is 2. The smallest absolute Gasteiger partial charge is 0.123 e. The molecule has 0 bridgehead atoms. The van der Waals surface area contributed by atoms with Crippen molar-refractivity contribution in [1.82, 2.24) is 10.2 Å². The van der Waals surface area contributed by atoms with Gasteiger partial charge in [0.25, 0.3) is 0 Å². The maximum atomic E-state index is 4.13. The quantitative estimate of drug-likeness (QED) is 0.681. The summed E-state index contributed by atoms with van der Waals surface area (Å²) in [7, 11) is 0. The Balaban J connectivity index is 2.92. The third-order valence-corrected chi connectivity index (χ3v) is 3.19. The number of nitrogens with zero attached hydrogens (tertiary/aromatic N) is 2. The predicted octanol–water partition coefficient (Wildman–Crippen LogP) is 2.53. The average Bonchev–Trinajstić information content (AvgIpc) is 2.36. The summed E-state index contributed by atoms with van der Waals surface area (Å²) in [6, 6.07) is 0. The Bertz CT molecular complexity index is 240. The maximum absolute atomic E-state index is 4.13. The van der Waals surface area contributed by atoms with E-state index < -0.39 is 0 Å². The molecule has 0 radical (unpaired) electrons. The van der Waals surface area contributed by atoms with Gasteiger partial charge in [0, 0.05) is 5.41 Å². The van der Waals surface area contributed by atoms with Crippen LogP contribution in [0.1, 0.15) is 37.2 Å². The molecule has 0 atom stereocenters. The van der Waals surface area contributed by atoms with Crippen LogP contribution in [0.5, 0.6) is 0 Å². The largest absolute Gasteiger partial charge is 0.144 e. The van der Waals surface area contributed by atoms with Gasteiger partial charge in [-0.3, -0.25) is 0 Å². The van der Waals surface area contributed by atoms with Crippen molar-refractivity contribution in [3.05, 3.63) is 10.0 Å². The van der Waals surface area contributed by atoms with E-state index in [4.69, 9.17) is 0 Å². The molecule has 0 aliphatic rings. The van der Waals surface area contributed by atoms with Gasteiger partial charge in [0.05, 0.1) is 0 Å². The summed E-state index contributed by atoms with van der Waals surface area (Å²) in [5, 5.41) is 10.3. The van der Waals surface area contributed by atoms with Crippen LogP contribution >= 0.6 is 11.3 Å². The van der Waals surface area contributed by atoms with Crippen molar-refractivity contribution in [1.29, 1.82) is 0 Å². The van der Waals surface area contributed by atoms with Gasteiger partial charge in [-0.1, -0.05) is 20.8 Å². The Hall–Kier alpha value is -0.440. The summed E-state index contributed by atoms with van der Waals surface area (Å²) in [5.74, 6) is 0. The lowest BCUT2D eigenvalue weighted by atomic mass is 9.91. The van der Waals surface area contributed by atoms with Crippen LogP contribution in [0.25, 0.3) is 0 Å². The minimum Gasteiger partial charge on any atom is -0.144 e. The molecule has 1 rings (SSSR count). The zero-order valence-corrected chi connectivity index (χ0v) is 8.33. The van der Waals surface area contributed by atoms with Crippen LogP contribution in [0.3, 0.4) is 0 Å². The molecule has 2 nitrogen and oxygen atoms in total. The molecule has 0 spiro atoms. The highest BCUT2D eigenvalue weighted by atomic mass is 32.1. The molecule has 0 aromatic carbocycles. The number of aryl methyl sites for hydroxylation is 1. The zero-order valence-electron chi connectivity index (χ0n) is 7.51. The SMILES string of the molecule is CCC(C)(C)c1nnc(C)s1. The molecule has 0 aliphatic heterocycles. The zero-order chi connectivity index (χ0) is 8.48. The molecule has 1 aromatic heterocycles. The summed E-state index contributed by atoms with van der Waals surface area (Å²) in [5.41, 5.74) is 0.200. The first-order valence-electron chi connectivity index (χ1n) is 3.87. The molecule has 3 heteroatoms. The van der Waals surface area contributed by atoms with Crippen LogP contribution in [0.15, 0.2) is 0 Å². The van der Waals surface area contributed by atoms with Crippen molar-refractivity contribution in [2.75, 3.05) is 0 Å². The van der Waals surface area contributed by atoms with E-state index in [9.17, 15) is 0 Å². The van der Waals surface area contributed by atoms with E-state index in [1.54, 1.807) is 11.3 Å². The van der Waals surface area contributed by atoms with Crippen LogP contribution < -0.4 is 0 Å². The van der Waals surface area contributed by atoms with Crippen LogP contribution in [0, 0.1) is 6.92 Å². The molecule has 0 amide bonds. The fourth-order valence-corrected chi connectivity index (χ4v) is 1.59. The Morgan fingerprint density at radius 3 is 2.36 bits per heavy atom. The second kappa shape index (κ2) is 2.89. The van der Waals surface area contributed by atoms with Gasteiger partial charge in [0.15, 0.2) is 0 Å². The van der Waals surface area contributed by atoms with Crippen LogP contribution in [-0.4, -0.2) is 10.2 Å². The average molecular weight is 170 g/mol. The molecule has 0 fully saturated rings. The molecule has 0 unspecified atom stereocenters. The normalized spacial score (nSPS) is 12.0. The minimum atomic E-state index is 0.200. The van der Waals surface area contributed by atoms with Crippen molar-refractivity contribution >= 4 is 11.3 Å². The lowest BCUT2D eigenvalue weighted by molar-refractivity contribution is 0.498. The van der Waals surface area contributed by atoms with Gasteiger partial charge >= 0.3 is 0 Å². The van der Waals surface area contributed by atoms with E-state index in [1.165, 1.54) is 0 Å². The first-order chi connectivity index (χ1) is 5.06. The highest BCUT2D eigenvalue weighted by Crippen LogP contribution is 2.28. The molecule has 0 saturated heterocycles. The van der Waals surface area contributed by atoms with Crippen molar-refractivity contribution in [2.45, 2.75) is 39.5 Å². The summed E-state index contributed by atoms with van der Waals surface area (Å²) in [4.78, 5) is 0. The molecule has 11 heavy (non-hydrogen) atoms. The van der Waals surface area contributed by atoms with Gasteiger partial charge in [-0.15, -0.1) is 21.5 Å². The number of hydrogen-bond acceptors (Lipinski definition) is 3. The monoisotopic (exact) mass is 170 g/mol. The predicted molar refractivity (Wildman–Crippen MR) is 48.0 cm³/mol. The van der Waals surface area contributed by atoms with E-state index in [2.05, 4.69) is 31.0 Å². The fourth-order valence-electron chi connectivity index (χ4n) is 0.721. The highest BCUT2D eigenvalue weighted by molar-refractivity contribution is 7.11. The van der Waals surface area contributed by atoms with Gasteiger partial charge in [-0.05, 0) is 13.3 Å². The van der Waals surface area contributed by atoms with E-state index in [0.29, 0.717) is 0 Å². The fraction of sp³-hybridized carbons (Fsp3) is 0.750. The topological polar surface area (TPSA) is 25.8 Å². The molecule has 1 heterocycles. The number of hydrogen-bond donors (Lipinski definition) is 0. The second-order valence-corrected chi connectivity index (χ2v) is 4.55. The van der Waals surface area contributed by atoms with Crippen molar-refractivity contribution < 1.29 is 0 Å². The minimum absolute atomic E-state index is 0.200. The molecule has 0 N–H and O–H groups in total. The van der Waals surface area contributed by atoms with Crippen LogP contribution in [-0.2, 0) is 5.41 Å². The lowest BCUT2D eigenvalue weighted by Crippen LogP contribution is -2.14. The maximum Gasteiger partial charge on any atom is 0.123 e. The van der Waals surface area contributed by atoms with Crippen molar-refractivity contribution in [3.8, 4) is 0 Å². The highest BCUT2D eigenvalue weighted by Gasteiger charge is 2.21. The molecular formula is C8H14N2S. The van der Waals surface area contributed by atoms with Gasteiger partial charge in [-0.25, -0.2) is 0 Å². The van der Waals surface area contributed by atoms with Gasteiger partial charge < -0.3 is 0 Å². The van der Waals surface area contributed by atoms with E-state index in [0.717, 1.165) is 16.4 Å². The molecule has 0 aliphatic carbocycles. The summed E-state index contributed by atoms with van der Waals surface area (Å²) >= 11 is 1.70. The van der Waals surface area contributed by atoms with E-state index in [-0.39, 0.29) is 5.41 Å². The Morgan fingerprint density at radius 2 is 2.00 bits per heavy atom. The molecule has 0 saturated carbocycles. The van der Waals surface area contributed by atoms with E-state index >= 15 is 0 Å². The van der Waals surface area contributed by atoms with Crippen LogP contribution in [0.4, 0.5) is 0 Å². The van der Waals surface area contributed by atoms with Crippen molar-refractivity contribution in [2.24, 2.45) is 0 Å². The summed E-state index contributed by atoms with van der Waals surface area (Å²) in [6.45, 7) is 8.57.